The summed E-state index contributed by atoms with van der Waals surface area (Å²) in [5, 5.41) is 13.5. The van der Waals surface area contributed by atoms with Gasteiger partial charge in [-0.25, -0.2) is 8.42 Å². The van der Waals surface area contributed by atoms with Crippen LogP contribution in [0.15, 0.2) is 58.2 Å². The maximum Gasteiger partial charge on any atom is 0.293 e. The molecule has 0 radical (unpaired) electrons. The third kappa shape index (κ3) is 4.01. The molecule has 0 saturated carbocycles. The highest BCUT2D eigenvalue weighted by Gasteiger charge is 2.26. The number of piperidine rings is 1. The number of hydrogen-bond donors (Lipinski definition) is 2. The van der Waals surface area contributed by atoms with Crippen LogP contribution in [0.4, 0.5) is 0 Å². The lowest BCUT2D eigenvalue weighted by molar-refractivity contribution is 0.0949. The topological polar surface area (TPSA) is 109 Å². The largest absolute Gasteiger partial charge is 0.502 e. The number of pyridine rings is 1. The molecule has 8 nitrogen and oxygen atoms in total. The molecule has 4 rings (SSSR count). The summed E-state index contributed by atoms with van der Waals surface area (Å²) in [5.41, 5.74) is 0.505. The van der Waals surface area contributed by atoms with Gasteiger partial charge in [0.05, 0.1) is 16.0 Å². The number of benzene rings is 2. The van der Waals surface area contributed by atoms with Crippen LogP contribution >= 0.6 is 0 Å². The molecule has 3 aromatic rings. The van der Waals surface area contributed by atoms with Crippen LogP contribution in [0.5, 0.6) is 5.75 Å². The third-order valence-corrected chi connectivity index (χ3v) is 7.75. The number of fused-ring (bicyclic) bond motifs is 1. The van der Waals surface area contributed by atoms with Gasteiger partial charge < -0.3 is 15.0 Å². The Kier molecular flexibility index (Phi) is 6.03. The van der Waals surface area contributed by atoms with E-state index in [0.29, 0.717) is 29.6 Å². The molecule has 0 atom stereocenters. The number of hydrogen-bond acceptors (Lipinski definition) is 5. The van der Waals surface area contributed by atoms with E-state index in [1.54, 1.807) is 36.4 Å². The zero-order valence-electron chi connectivity index (χ0n) is 17.7. The van der Waals surface area contributed by atoms with Gasteiger partial charge in [0.1, 0.15) is 0 Å². The molecule has 168 valence electrons. The lowest BCUT2D eigenvalue weighted by Crippen LogP contribution is -2.35. The van der Waals surface area contributed by atoms with Gasteiger partial charge in [-0.05, 0) is 36.6 Å². The van der Waals surface area contributed by atoms with Crippen LogP contribution in [0.1, 0.15) is 35.2 Å². The van der Waals surface area contributed by atoms with Crippen LogP contribution in [-0.2, 0) is 23.6 Å². The Morgan fingerprint density at radius 2 is 1.69 bits per heavy atom. The predicted molar refractivity (Wildman–Crippen MR) is 121 cm³/mol. The summed E-state index contributed by atoms with van der Waals surface area (Å²) >= 11 is 0. The number of aryl methyl sites for hydroxylation is 1. The van der Waals surface area contributed by atoms with Crippen LogP contribution in [0.3, 0.4) is 0 Å². The van der Waals surface area contributed by atoms with Crippen LogP contribution in [-0.4, -0.2) is 41.4 Å². The zero-order chi connectivity index (χ0) is 22.9. The first-order valence-electron chi connectivity index (χ1n) is 10.5. The van der Waals surface area contributed by atoms with Gasteiger partial charge in [-0.1, -0.05) is 36.8 Å². The summed E-state index contributed by atoms with van der Waals surface area (Å²) in [6.45, 7) is 1.19. The van der Waals surface area contributed by atoms with Crippen molar-refractivity contribution < 1.29 is 18.3 Å². The van der Waals surface area contributed by atoms with Crippen molar-refractivity contribution in [1.82, 2.24) is 14.2 Å². The second-order valence-electron chi connectivity index (χ2n) is 7.90. The Morgan fingerprint density at radius 3 is 2.38 bits per heavy atom. The average molecular weight is 456 g/mol. The molecule has 1 aliphatic rings. The van der Waals surface area contributed by atoms with Crippen molar-refractivity contribution in [3.63, 3.8) is 0 Å². The quantitative estimate of drug-likeness (QED) is 0.614. The first-order chi connectivity index (χ1) is 15.3. The molecule has 0 unspecified atom stereocenters. The molecule has 0 spiro atoms. The summed E-state index contributed by atoms with van der Waals surface area (Å²) in [7, 11) is -1.98. The van der Waals surface area contributed by atoms with E-state index < -0.39 is 27.2 Å². The third-order valence-electron chi connectivity index (χ3n) is 5.84. The van der Waals surface area contributed by atoms with Gasteiger partial charge in [-0.15, -0.1) is 0 Å². The smallest absolute Gasteiger partial charge is 0.293 e. The number of carbonyl (C=O) groups is 1. The summed E-state index contributed by atoms with van der Waals surface area (Å²) in [5.74, 6) is -1.19. The fraction of sp³-hybridized carbons (Fsp3) is 0.304. The Hall–Kier alpha value is -3.17. The van der Waals surface area contributed by atoms with E-state index in [9.17, 15) is 23.1 Å². The van der Waals surface area contributed by atoms with Gasteiger partial charge in [0.25, 0.3) is 11.5 Å². The van der Waals surface area contributed by atoms with Crippen molar-refractivity contribution >= 4 is 26.8 Å². The first-order valence-corrected chi connectivity index (χ1v) is 11.9. The van der Waals surface area contributed by atoms with Gasteiger partial charge in [0.15, 0.2) is 5.75 Å². The van der Waals surface area contributed by atoms with E-state index in [1.165, 1.54) is 28.1 Å². The summed E-state index contributed by atoms with van der Waals surface area (Å²) < 4.78 is 28.3. The maximum atomic E-state index is 12.8. The fourth-order valence-electron chi connectivity index (χ4n) is 4.01. The number of sulfonamides is 1. The van der Waals surface area contributed by atoms with Crippen LogP contribution < -0.4 is 10.9 Å². The molecule has 1 fully saturated rings. The van der Waals surface area contributed by atoms with E-state index in [1.807, 2.05) is 0 Å². The van der Waals surface area contributed by atoms with Crippen LogP contribution in [0, 0.1) is 0 Å². The normalized spacial score (nSPS) is 15.0. The molecular formula is C23H25N3O5S. The van der Waals surface area contributed by atoms with Crippen molar-refractivity contribution in [2.75, 3.05) is 13.1 Å². The lowest BCUT2D eigenvalue weighted by Gasteiger charge is -2.25. The lowest BCUT2D eigenvalue weighted by atomic mass is 10.1. The molecule has 0 aliphatic carbocycles. The number of aromatic hydroxyl groups is 1. The second-order valence-corrected chi connectivity index (χ2v) is 9.83. The highest BCUT2D eigenvalue weighted by Crippen LogP contribution is 2.24. The van der Waals surface area contributed by atoms with Crippen molar-refractivity contribution in [3.05, 3.63) is 70.0 Å². The number of nitrogens with one attached hydrogen (secondary N) is 1. The molecule has 1 amide bonds. The van der Waals surface area contributed by atoms with E-state index in [-0.39, 0.29) is 17.0 Å². The van der Waals surface area contributed by atoms with Gasteiger partial charge in [-0.3, -0.25) is 9.59 Å². The Morgan fingerprint density at radius 1 is 1.03 bits per heavy atom. The van der Waals surface area contributed by atoms with Gasteiger partial charge in [0.2, 0.25) is 10.0 Å². The highest BCUT2D eigenvalue weighted by atomic mass is 32.2. The molecular weight excluding hydrogens is 430 g/mol. The molecule has 2 heterocycles. The van der Waals surface area contributed by atoms with Crippen molar-refractivity contribution in [1.29, 1.82) is 0 Å². The molecule has 1 aliphatic heterocycles. The maximum absolute atomic E-state index is 12.8. The minimum Gasteiger partial charge on any atom is -0.502 e. The molecule has 32 heavy (non-hydrogen) atoms. The van der Waals surface area contributed by atoms with Crippen molar-refractivity contribution in [2.45, 2.75) is 30.7 Å². The number of rotatable bonds is 5. The average Bonchev–Trinajstić information content (AvgIpc) is 2.82. The standard InChI is InChI=1S/C23H25N3O5S/c1-25-19-8-4-3-7-18(19)20(21(27)23(25)29)22(28)24-15-16-9-11-17(12-10-16)32(30,31)26-13-5-2-6-14-26/h3-4,7-12,27H,2,5-6,13-15H2,1H3,(H,24,28). The Balaban J connectivity index is 1.53. The molecule has 2 N–H and O–H groups in total. The summed E-state index contributed by atoms with van der Waals surface area (Å²) in [6.07, 6.45) is 2.78. The summed E-state index contributed by atoms with van der Waals surface area (Å²) in [6, 6.07) is 13.2. The number of aromatic nitrogens is 1. The van der Waals surface area contributed by atoms with Crippen LogP contribution in [0.25, 0.3) is 10.9 Å². The van der Waals surface area contributed by atoms with Crippen LogP contribution in [0.2, 0.25) is 0 Å². The number of carbonyl (C=O) groups excluding carboxylic acids is 1. The zero-order valence-corrected chi connectivity index (χ0v) is 18.6. The first kappa shape index (κ1) is 22.0. The number of amides is 1. The monoisotopic (exact) mass is 455 g/mol. The Bertz CT molecular complexity index is 1320. The SMILES string of the molecule is Cn1c(=O)c(O)c(C(=O)NCc2ccc(S(=O)(=O)N3CCCCC3)cc2)c2ccccc21. The van der Waals surface area contributed by atoms with E-state index in [4.69, 9.17) is 0 Å². The molecule has 0 bridgehead atoms. The van der Waals surface area contributed by atoms with E-state index in [0.717, 1.165) is 19.3 Å². The minimum atomic E-state index is -3.52. The van der Waals surface area contributed by atoms with Gasteiger partial charge in [-0.2, -0.15) is 4.31 Å². The number of para-hydroxylation sites is 1. The van der Waals surface area contributed by atoms with Gasteiger partial charge >= 0.3 is 0 Å². The van der Waals surface area contributed by atoms with E-state index >= 15 is 0 Å². The molecule has 1 saturated heterocycles. The minimum absolute atomic E-state index is 0.0759. The predicted octanol–water partition coefficient (Wildman–Crippen LogP) is 2.35. The summed E-state index contributed by atoms with van der Waals surface area (Å²) in [4.78, 5) is 25.4. The number of nitrogens with zero attached hydrogens (tertiary/aromatic N) is 2. The second kappa shape index (κ2) is 8.76. The van der Waals surface area contributed by atoms with Crippen molar-refractivity contribution in [2.24, 2.45) is 7.05 Å². The highest BCUT2D eigenvalue weighted by molar-refractivity contribution is 7.89. The molecule has 1 aromatic heterocycles. The Labute approximate surface area is 186 Å². The van der Waals surface area contributed by atoms with E-state index in [2.05, 4.69) is 5.32 Å². The van der Waals surface area contributed by atoms with Gasteiger partial charge in [0, 0.05) is 32.1 Å². The molecule has 2 aromatic carbocycles. The molecule has 9 heteroatoms. The fourth-order valence-corrected chi connectivity index (χ4v) is 5.53. The van der Waals surface area contributed by atoms with Crippen molar-refractivity contribution in [3.8, 4) is 5.75 Å².